The number of aryl methyl sites for hydroxylation is 2. The third kappa shape index (κ3) is 2.20. The largest absolute Gasteiger partial charge is 0.480 e. The van der Waals surface area contributed by atoms with Crippen molar-refractivity contribution in [3.05, 3.63) is 29.3 Å². The number of aldehydes is 1. The molecule has 0 bridgehead atoms. The monoisotopic (exact) mass is 204 g/mol. The summed E-state index contributed by atoms with van der Waals surface area (Å²) >= 11 is 0. The summed E-state index contributed by atoms with van der Waals surface area (Å²) in [4.78, 5) is 10.7. The normalized spacial score (nSPS) is 14.8. The summed E-state index contributed by atoms with van der Waals surface area (Å²) in [6.45, 7) is 3.54. The standard InChI is InChI=1S/C13H16O2/c1-13(2,9-14)15-12-7-6-10-4-3-5-11(10)8-12/h6-9H,3-5H2,1-2H3. The first-order chi connectivity index (χ1) is 7.11. The van der Waals surface area contributed by atoms with Crippen LogP contribution in [-0.4, -0.2) is 11.9 Å². The van der Waals surface area contributed by atoms with Crippen molar-refractivity contribution >= 4 is 6.29 Å². The minimum atomic E-state index is -0.729. The highest BCUT2D eigenvalue weighted by atomic mass is 16.5. The zero-order chi connectivity index (χ0) is 10.9. The van der Waals surface area contributed by atoms with E-state index in [0.717, 1.165) is 18.5 Å². The molecule has 0 N–H and O–H groups in total. The van der Waals surface area contributed by atoms with Crippen LogP contribution in [0.4, 0.5) is 0 Å². The van der Waals surface area contributed by atoms with Crippen molar-refractivity contribution in [3.8, 4) is 5.75 Å². The molecule has 15 heavy (non-hydrogen) atoms. The molecular weight excluding hydrogens is 188 g/mol. The van der Waals surface area contributed by atoms with Crippen LogP contribution in [0.2, 0.25) is 0 Å². The van der Waals surface area contributed by atoms with E-state index in [0.29, 0.717) is 0 Å². The predicted molar refractivity (Wildman–Crippen MR) is 59.2 cm³/mol. The molecule has 0 heterocycles. The van der Waals surface area contributed by atoms with Crippen molar-refractivity contribution in [2.45, 2.75) is 38.7 Å². The molecule has 1 aromatic rings. The number of carbonyl (C=O) groups excluding carboxylic acids is 1. The molecule has 0 saturated carbocycles. The smallest absolute Gasteiger partial charge is 0.162 e. The lowest BCUT2D eigenvalue weighted by Gasteiger charge is -2.20. The fourth-order valence-electron chi connectivity index (χ4n) is 1.94. The molecule has 2 rings (SSSR count). The molecule has 2 nitrogen and oxygen atoms in total. The number of benzene rings is 1. The maximum absolute atomic E-state index is 10.7. The summed E-state index contributed by atoms with van der Waals surface area (Å²) in [6.07, 6.45) is 4.37. The van der Waals surface area contributed by atoms with Crippen LogP contribution < -0.4 is 4.74 Å². The van der Waals surface area contributed by atoms with Crippen molar-refractivity contribution in [2.24, 2.45) is 0 Å². The first-order valence-electron chi connectivity index (χ1n) is 5.38. The average Bonchev–Trinajstić information content (AvgIpc) is 2.64. The molecule has 0 spiro atoms. The van der Waals surface area contributed by atoms with Gasteiger partial charge in [-0.2, -0.15) is 0 Å². The van der Waals surface area contributed by atoms with Crippen LogP contribution in [0.15, 0.2) is 18.2 Å². The van der Waals surface area contributed by atoms with Gasteiger partial charge >= 0.3 is 0 Å². The van der Waals surface area contributed by atoms with E-state index in [1.54, 1.807) is 13.8 Å². The maximum Gasteiger partial charge on any atom is 0.162 e. The first kappa shape index (κ1) is 10.2. The highest BCUT2D eigenvalue weighted by Gasteiger charge is 2.19. The van der Waals surface area contributed by atoms with Crippen LogP contribution in [-0.2, 0) is 17.6 Å². The van der Waals surface area contributed by atoms with Crippen LogP contribution in [0.25, 0.3) is 0 Å². The molecule has 1 aliphatic carbocycles. The van der Waals surface area contributed by atoms with E-state index in [9.17, 15) is 4.79 Å². The van der Waals surface area contributed by atoms with Gasteiger partial charge in [0.25, 0.3) is 0 Å². The molecule has 0 unspecified atom stereocenters. The van der Waals surface area contributed by atoms with Crippen LogP contribution in [0.3, 0.4) is 0 Å². The van der Waals surface area contributed by atoms with Gasteiger partial charge in [-0.05, 0) is 56.4 Å². The molecule has 0 aromatic heterocycles. The van der Waals surface area contributed by atoms with Crippen molar-refractivity contribution in [2.75, 3.05) is 0 Å². The Morgan fingerprint density at radius 2 is 2.00 bits per heavy atom. The van der Waals surface area contributed by atoms with E-state index >= 15 is 0 Å². The molecule has 0 fully saturated rings. The number of carbonyl (C=O) groups is 1. The van der Waals surface area contributed by atoms with E-state index in [1.165, 1.54) is 24.0 Å². The first-order valence-corrected chi connectivity index (χ1v) is 5.38. The van der Waals surface area contributed by atoms with E-state index in [2.05, 4.69) is 12.1 Å². The van der Waals surface area contributed by atoms with E-state index < -0.39 is 5.60 Å². The summed E-state index contributed by atoms with van der Waals surface area (Å²) in [6, 6.07) is 6.13. The SMILES string of the molecule is CC(C)(C=O)Oc1ccc2c(c1)CCC2. The predicted octanol–water partition coefficient (Wildman–Crippen LogP) is 2.53. The van der Waals surface area contributed by atoms with Gasteiger partial charge in [0, 0.05) is 0 Å². The summed E-state index contributed by atoms with van der Waals surface area (Å²) in [5.41, 5.74) is 2.06. The second-order valence-electron chi connectivity index (χ2n) is 4.61. The van der Waals surface area contributed by atoms with Crippen LogP contribution in [0.1, 0.15) is 31.4 Å². The zero-order valence-electron chi connectivity index (χ0n) is 9.25. The minimum absolute atomic E-state index is 0.729. The lowest BCUT2D eigenvalue weighted by Crippen LogP contribution is -2.29. The molecule has 1 aromatic carbocycles. The van der Waals surface area contributed by atoms with E-state index in [4.69, 9.17) is 4.74 Å². The van der Waals surface area contributed by atoms with Gasteiger partial charge in [0.1, 0.15) is 5.75 Å². The van der Waals surface area contributed by atoms with Crippen molar-refractivity contribution in [1.82, 2.24) is 0 Å². The Balaban J connectivity index is 2.20. The quantitative estimate of drug-likeness (QED) is 0.707. The molecule has 2 heteroatoms. The summed E-state index contributed by atoms with van der Waals surface area (Å²) in [7, 11) is 0. The van der Waals surface area contributed by atoms with Gasteiger partial charge in [-0.3, -0.25) is 4.79 Å². The van der Waals surface area contributed by atoms with Crippen LogP contribution >= 0.6 is 0 Å². The Labute approximate surface area is 90.3 Å². The van der Waals surface area contributed by atoms with Crippen molar-refractivity contribution in [3.63, 3.8) is 0 Å². The highest BCUT2D eigenvalue weighted by Crippen LogP contribution is 2.27. The summed E-state index contributed by atoms with van der Waals surface area (Å²) < 4.78 is 5.61. The third-order valence-corrected chi connectivity index (χ3v) is 2.73. The molecule has 1 aliphatic rings. The highest BCUT2D eigenvalue weighted by molar-refractivity contribution is 5.61. The Morgan fingerprint density at radius 3 is 2.73 bits per heavy atom. The van der Waals surface area contributed by atoms with E-state index in [-0.39, 0.29) is 0 Å². The second kappa shape index (κ2) is 3.69. The minimum Gasteiger partial charge on any atom is -0.480 e. The Hall–Kier alpha value is -1.31. The van der Waals surface area contributed by atoms with Gasteiger partial charge in [-0.1, -0.05) is 6.07 Å². The fraction of sp³-hybridized carbons (Fsp3) is 0.462. The summed E-state index contributed by atoms with van der Waals surface area (Å²) in [5.74, 6) is 0.799. The molecule has 0 aliphatic heterocycles. The molecular formula is C13H16O2. The van der Waals surface area contributed by atoms with Gasteiger partial charge in [0.2, 0.25) is 0 Å². The molecule has 0 amide bonds. The van der Waals surface area contributed by atoms with Gasteiger partial charge in [0.15, 0.2) is 11.9 Å². The third-order valence-electron chi connectivity index (χ3n) is 2.73. The summed E-state index contributed by atoms with van der Waals surface area (Å²) in [5, 5.41) is 0. The average molecular weight is 204 g/mol. The number of hydrogen-bond acceptors (Lipinski definition) is 2. The Bertz CT molecular complexity index is 380. The fourth-order valence-corrected chi connectivity index (χ4v) is 1.94. The lowest BCUT2D eigenvalue weighted by molar-refractivity contribution is -0.118. The molecule has 80 valence electrons. The van der Waals surface area contributed by atoms with Crippen molar-refractivity contribution in [1.29, 1.82) is 0 Å². The lowest BCUT2D eigenvalue weighted by atomic mass is 10.1. The number of fused-ring (bicyclic) bond motifs is 1. The Morgan fingerprint density at radius 1 is 1.27 bits per heavy atom. The van der Waals surface area contributed by atoms with Gasteiger partial charge in [0.05, 0.1) is 0 Å². The van der Waals surface area contributed by atoms with E-state index in [1.807, 2.05) is 6.07 Å². The van der Waals surface area contributed by atoms with Gasteiger partial charge < -0.3 is 4.74 Å². The molecule has 0 atom stereocenters. The second-order valence-corrected chi connectivity index (χ2v) is 4.61. The number of ether oxygens (including phenoxy) is 1. The molecule has 0 radical (unpaired) electrons. The van der Waals surface area contributed by atoms with Crippen molar-refractivity contribution < 1.29 is 9.53 Å². The Kier molecular flexibility index (Phi) is 2.51. The molecule has 0 saturated heterocycles. The van der Waals surface area contributed by atoms with Gasteiger partial charge in [-0.25, -0.2) is 0 Å². The zero-order valence-corrected chi connectivity index (χ0v) is 9.25. The van der Waals surface area contributed by atoms with Gasteiger partial charge in [-0.15, -0.1) is 0 Å². The number of rotatable bonds is 3. The maximum atomic E-state index is 10.7. The van der Waals surface area contributed by atoms with Crippen LogP contribution in [0.5, 0.6) is 5.75 Å². The van der Waals surface area contributed by atoms with Crippen LogP contribution in [0, 0.1) is 0 Å². The topological polar surface area (TPSA) is 26.3 Å². The number of hydrogen-bond donors (Lipinski definition) is 0.